The number of benzene rings is 19. The van der Waals surface area contributed by atoms with Crippen LogP contribution < -0.4 is 0 Å². The molecular formula is C112H128. The van der Waals surface area contributed by atoms with Gasteiger partial charge in [-0.1, -0.05) is 464 Å². The lowest BCUT2D eigenvalue weighted by Gasteiger charge is -2.11. The summed E-state index contributed by atoms with van der Waals surface area (Å²) in [7, 11) is 0. The lowest BCUT2D eigenvalue weighted by Crippen LogP contribution is -1.87. The van der Waals surface area contributed by atoms with Gasteiger partial charge in [0.25, 0.3) is 0 Å². The van der Waals surface area contributed by atoms with Crippen molar-refractivity contribution < 1.29 is 0 Å². The normalized spacial score (nSPS) is 9.52. The lowest BCUT2D eigenvalue weighted by atomic mass is 9.93. The van der Waals surface area contributed by atoms with Crippen LogP contribution in [0.3, 0.4) is 0 Å². The van der Waals surface area contributed by atoms with E-state index in [1.54, 1.807) is 0 Å². The molecule has 0 radical (unpaired) electrons. The fourth-order valence-corrected chi connectivity index (χ4v) is 13.1. The Labute approximate surface area is 675 Å². The summed E-state index contributed by atoms with van der Waals surface area (Å²) < 4.78 is 0. The summed E-state index contributed by atoms with van der Waals surface area (Å²) in [5, 5.41) is 32.0. The molecule has 0 heteroatoms. The highest BCUT2D eigenvalue weighted by molar-refractivity contribution is 6.06. The molecule has 0 N–H and O–H groups in total. The molecule has 0 bridgehead atoms. The Kier molecular flexibility index (Phi) is 44.0. The summed E-state index contributed by atoms with van der Waals surface area (Å²) in [6, 6.07) is 132. The molecule has 0 saturated heterocycles. The first-order valence-corrected chi connectivity index (χ1v) is 41.5. The number of rotatable bonds is 0. The second-order valence-corrected chi connectivity index (χ2v) is 24.0. The van der Waals surface area contributed by atoms with Crippen LogP contribution in [0.1, 0.15) is 147 Å². The number of hydrogen-bond acceptors (Lipinski definition) is 0. The van der Waals surface area contributed by atoms with Crippen molar-refractivity contribution >= 4 is 129 Å². The minimum Gasteiger partial charge on any atom is -0.0683 e. The molecule has 0 unspecified atom stereocenters. The van der Waals surface area contributed by atoms with E-state index in [0.29, 0.717) is 0 Å². The summed E-state index contributed by atoms with van der Waals surface area (Å²) in [6.45, 7) is 44.8. The van der Waals surface area contributed by atoms with Crippen LogP contribution in [0.2, 0.25) is 0 Å². The van der Waals surface area contributed by atoms with Crippen molar-refractivity contribution in [3.8, 4) is 0 Å². The minimum absolute atomic E-state index is 1.31. The van der Waals surface area contributed by atoms with Crippen LogP contribution in [-0.2, 0) is 0 Å². The molecule has 0 heterocycles. The summed E-state index contributed by atoms with van der Waals surface area (Å²) in [4.78, 5) is 0. The van der Waals surface area contributed by atoms with E-state index in [0.717, 1.165) is 0 Å². The van der Waals surface area contributed by atoms with E-state index < -0.39 is 0 Å². The Balaban J connectivity index is 0.000000267. The van der Waals surface area contributed by atoms with Crippen LogP contribution in [-0.4, -0.2) is 0 Å². The SMILES string of the molecule is CC.CC.CC.CC.CC.CC.CC.CC.CC.Cc1c2ccccc2c(C)c2ccccc12.Cc1c2ccccc2cc2ccccc12.Cc1c2ccccc2cc2ccccc12.c1ccc2cc3ccccc3cc2c1.c1ccc2cc3ccccc3cc2c1.c1ccc2ccccc2c1.c1ccc2ccccc2c1. The fourth-order valence-electron chi connectivity index (χ4n) is 13.1. The number of fused-ring (bicyclic) bond motifs is 12. The maximum Gasteiger partial charge on any atom is -0.0146 e. The summed E-state index contributed by atoms with van der Waals surface area (Å²) in [6.07, 6.45) is 0. The second kappa shape index (κ2) is 53.2. The maximum absolute atomic E-state index is 2.26. The van der Waals surface area contributed by atoms with E-state index in [2.05, 4.69) is 404 Å². The van der Waals surface area contributed by atoms with Crippen LogP contribution in [0.25, 0.3) is 129 Å². The van der Waals surface area contributed by atoms with Crippen molar-refractivity contribution in [1.29, 1.82) is 0 Å². The molecule has 0 aliphatic rings. The molecule has 19 aromatic carbocycles. The molecule has 19 rings (SSSR count). The van der Waals surface area contributed by atoms with Crippen LogP contribution in [0.15, 0.2) is 376 Å². The Bertz CT molecular complexity index is 4950. The smallest absolute Gasteiger partial charge is 0.0146 e. The van der Waals surface area contributed by atoms with Crippen LogP contribution in [0.5, 0.6) is 0 Å². The van der Waals surface area contributed by atoms with E-state index in [4.69, 9.17) is 0 Å². The third kappa shape index (κ3) is 25.7. The van der Waals surface area contributed by atoms with Crippen molar-refractivity contribution in [3.63, 3.8) is 0 Å². The summed E-state index contributed by atoms with van der Waals surface area (Å²) in [5.41, 5.74) is 5.53. The molecule has 0 nitrogen and oxygen atoms in total. The van der Waals surface area contributed by atoms with Gasteiger partial charge in [-0.15, -0.1) is 0 Å². The molecule has 0 amide bonds. The molecular weight excluding hydrogens is 1350 g/mol. The molecule has 0 fully saturated rings. The standard InChI is InChI=1S/C16H14.2C15H12.2C14H10.2C10H8.9C2H6/c1-11-13-7-3-5-9-15(13)12(2)16-10-6-4-8-14(11)16;2*1-11-14-8-4-2-6-12(14)10-13-7-3-5-9-15(11)13;2*1-2-6-12-10-14-8-4-3-7-13(14)9-11(12)5-1;2*1-2-6-10-8-4-3-7-9(10)5-1;9*1-2/h3-10H,1-2H3;2*2-10H,1H3;2*1-10H;2*1-8H;9*1-2H3. The maximum atomic E-state index is 2.26. The van der Waals surface area contributed by atoms with E-state index >= 15 is 0 Å². The van der Waals surface area contributed by atoms with Gasteiger partial charge in [0, 0.05) is 0 Å². The van der Waals surface area contributed by atoms with Crippen molar-refractivity contribution in [2.75, 3.05) is 0 Å². The summed E-state index contributed by atoms with van der Waals surface area (Å²) >= 11 is 0. The monoisotopic (exact) mass is 1470 g/mol. The Morgan fingerprint density at radius 1 is 0.0982 bits per heavy atom. The highest BCUT2D eigenvalue weighted by Gasteiger charge is 2.08. The molecule has 0 aliphatic carbocycles. The van der Waals surface area contributed by atoms with Gasteiger partial charge in [-0.3, -0.25) is 0 Å². The molecule has 0 aliphatic heterocycles. The zero-order valence-corrected chi connectivity index (χ0v) is 71.8. The predicted molar refractivity (Wildman–Crippen MR) is 516 cm³/mol. The quantitative estimate of drug-likeness (QED) is 0.133. The van der Waals surface area contributed by atoms with Crippen molar-refractivity contribution in [2.24, 2.45) is 0 Å². The molecule has 0 saturated carbocycles. The Morgan fingerprint density at radius 3 is 0.330 bits per heavy atom. The van der Waals surface area contributed by atoms with Crippen LogP contribution >= 0.6 is 0 Å². The van der Waals surface area contributed by atoms with E-state index in [-0.39, 0.29) is 0 Å². The zero-order valence-electron chi connectivity index (χ0n) is 71.8. The van der Waals surface area contributed by atoms with Gasteiger partial charge in [-0.05, 0) is 216 Å². The highest BCUT2D eigenvalue weighted by Crippen LogP contribution is 2.33. The van der Waals surface area contributed by atoms with Crippen molar-refractivity contribution in [3.05, 3.63) is 398 Å². The van der Waals surface area contributed by atoms with Gasteiger partial charge in [-0.25, -0.2) is 0 Å². The van der Waals surface area contributed by atoms with E-state index in [1.807, 2.05) is 125 Å². The van der Waals surface area contributed by atoms with Gasteiger partial charge in [0.05, 0.1) is 0 Å². The lowest BCUT2D eigenvalue weighted by molar-refractivity contribution is 1.50. The largest absolute Gasteiger partial charge is 0.0683 e. The third-order valence-corrected chi connectivity index (χ3v) is 18.1. The average molecular weight is 1470 g/mol. The van der Waals surface area contributed by atoms with Gasteiger partial charge < -0.3 is 0 Å². The van der Waals surface area contributed by atoms with Gasteiger partial charge in [0.15, 0.2) is 0 Å². The first kappa shape index (κ1) is 92.7. The van der Waals surface area contributed by atoms with E-state index in [9.17, 15) is 0 Å². The molecule has 0 spiro atoms. The fraction of sp³-hybridized carbons (Fsp3) is 0.196. The second-order valence-electron chi connectivity index (χ2n) is 24.0. The number of aryl methyl sites for hydroxylation is 4. The molecule has 112 heavy (non-hydrogen) atoms. The summed E-state index contributed by atoms with van der Waals surface area (Å²) in [5.74, 6) is 0. The minimum atomic E-state index is 1.31. The van der Waals surface area contributed by atoms with Crippen LogP contribution in [0, 0.1) is 27.7 Å². The molecule has 0 atom stereocenters. The van der Waals surface area contributed by atoms with Gasteiger partial charge in [0.1, 0.15) is 0 Å². The third-order valence-electron chi connectivity index (χ3n) is 18.1. The number of hydrogen-bond donors (Lipinski definition) is 0. The zero-order chi connectivity index (χ0) is 82.0. The van der Waals surface area contributed by atoms with Crippen molar-refractivity contribution in [2.45, 2.75) is 152 Å². The van der Waals surface area contributed by atoms with Crippen LogP contribution in [0.4, 0.5) is 0 Å². The topological polar surface area (TPSA) is 0 Å². The first-order chi connectivity index (χ1) is 55.3. The average Bonchev–Trinajstić information content (AvgIpc) is 0.750. The first-order valence-electron chi connectivity index (χ1n) is 41.5. The van der Waals surface area contributed by atoms with E-state index in [1.165, 1.54) is 152 Å². The Hall–Kier alpha value is -11.7. The predicted octanol–water partition coefficient (Wildman–Crippen LogP) is 36.1. The highest BCUT2D eigenvalue weighted by atomic mass is 14.1. The molecule has 0 aromatic heterocycles. The Morgan fingerprint density at radius 2 is 0.188 bits per heavy atom. The van der Waals surface area contributed by atoms with Gasteiger partial charge in [-0.2, -0.15) is 0 Å². The molecule has 19 aromatic rings. The molecule has 576 valence electrons. The van der Waals surface area contributed by atoms with Gasteiger partial charge >= 0.3 is 0 Å². The van der Waals surface area contributed by atoms with Gasteiger partial charge in [0.2, 0.25) is 0 Å². The van der Waals surface area contributed by atoms with Crippen molar-refractivity contribution in [1.82, 2.24) is 0 Å².